The Kier molecular flexibility index (Phi) is 4.51. The lowest BCUT2D eigenvalue weighted by Crippen LogP contribution is -2.49. The van der Waals surface area contributed by atoms with Crippen molar-refractivity contribution in [3.63, 3.8) is 0 Å². The zero-order valence-corrected chi connectivity index (χ0v) is 16.2. The molecule has 0 aromatic heterocycles. The van der Waals surface area contributed by atoms with Crippen molar-refractivity contribution in [2.45, 2.75) is 44.6 Å². The first-order valence-electron chi connectivity index (χ1n) is 10.1. The van der Waals surface area contributed by atoms with Crippen LogP contribution in [0.1, 0.15) is 30.4 Å². The van der Waals surface area contributed by atoms with Gasteiger partial charge in [-0.1, -0.05) is 60.7 Å². The molecule has 2 aliphatic heterocycles. The molecule has 2 aromatic carbocycles. The number of ether oxygens (including phenoxy) is 1. The summed E-state index contributed by atoms with van der Waals surface area (Å²) in [6.07, 6.45) is 2.70. The maximum Gasteiger partial charge on any atom is 0.345 e. The number of hydrogen-bond donors (Lipinski definition) is 0. The Morgan fingerprint density at radius 1 is 0.966 bits per heavy atom. The fraction of sp³-hybridized carbons (Fsp3) is 0.391. The summed E-state index contributed by atoms with van der Waals surface area (Å²) >= 11 is 0. The van der Waals surface area contributed by atoms with E-state index in [4.69, 9.17) is 9.57 Å². The number of fused-ring (bicyclic) bond motifs is 3. The SMILES string of the molecule is O=C(OCc1ccccc1)[C@@H]1CC2(CC2)[C@H]2CN1C(=O)N2OCc1ccccc1. The van der Waals surface area contributed by atoms with E-state index in [-0.39, 0.29) is 30.1 Å². The molecule has 6 nitrogen and oxygen atoms in total. The highest BCUT2D eigenvalue weighted by atomic mass is 16.7. The van der Waals surface area contributed by atoms with Gasteiger partial charge in [0.2, 0.25) is 0 Å². The van der Waals surface area contributed by atoms with Crippen molar-refractivity contribution in [1.29, 1.82) is 0 Å². The number of amides is 2. The van der Waals surface area contributed by atoms with Crippen molar-refractivity contribution < 1.29 is 19.2 Å². The molecule has 0 radical (unpaired) electrons. The van der Waals surface area contributed by atoms with Crippen LogP contribution in [0.15, 0.2) is 60.7 Å². The summed E-state index contributed by atoms with van der Waals surface area (Å²) in [5.41, 5.74) is 1.94. The summed E-state index contributed by atoms with van der Waals surface area (Å²) in [4.78, 5) is 33.4. The van der Waals surface area contributed by atoms with Gasteiger partial charge in [0.15, 0.2) is 0 Å². The van der Waals surface area contributed by atoms with E-state index in [1.165, 1.54) is 5.06 Å². The van der Waals surface area contributed by atoms with Gasteiger partial charge in [-0.2, -0.15) is 5.06 Å². The lowest BCUT2D eigenvalue weighted by atomic mass is 9.85. The maximum absolute atomic E-state index is 13.0. The largest absolute Gasteiger partial charge is 0.459 e. The summed E-state index contributed by atoms with van der Waals surface area (Å²) in [5.74, 6) is -0.322. The lowest BCUT2D eigenvalue weighted by Gasteiger charge is -2.35. The molecule has 1 aliphatic carbocycles. The second-order valence-electron chi connectivity index (χ2n) is 8.21. The smallest absolute Gasteiger partial charge is 0.345 e. The highest BCUT2D eigenvalue weighted by Gasteiger charge is 2.64. The van der Waals surface area contributed by atoms with Crippen LogP contribution >= 0.6 is 0 Å². The van der Waals surface area contributed by atoms with Gasteiger partial charge >= 0.3 is 12.0 Å². The fourth-order valence-electron chi connectivity index (χ4n) is 4.53. The quantitative estimate of drug-likeness (QED) is 0.706. The number of piperidine rings is 1. The standard InChI is InChI=1S/C23H24N2O4/c26-21(28-15-17-7-3-1-4-8-17)19-13-23(11-12-23)20-14-24(19)22(27)25(20)29-16-18-9-5-2-6-10-18/h1-10,19-20H,11-16H2/t19-,20+/m0/s1. The van der Waals surface area contributed by atoms with E-state index < -0.39 is 6.04 Å². The average molecular weight is 392 g/mol. The van der Waals surface area contributed by atoms with Crippen LogP contribution in [0, 0.1) is 5.41 Å². The van der Waals surface area contributed by atoms with Crippen LogP contribution < -0.4 is 0 Å². The fourth-order valence-corrected chi connectivity index (χ4v) is 4.53. The van der Waals surface area contributed by atoms with Gasteiger partial charge in [-0.25, -0.2) is 9.59 Å². The Morgan fingerprint density at radius 2 is 1.59 bits per heavy atom. The second kappa shape index (κ2) is 7.19. The number of rotatable bonds is 6. The molecule has 2 amide bonds. The molecule has 2 heterocycles. The topological polar surface area (TPSA) is 59.1 Å². The van der Waals surface area contributed by atoms with Crippen LogP contribution in [0.4, 0.5) is 4.79 Å². The summed E-state index contributed by atoms with van der Waals surface area (Å²) < 4.78 is 5.56. The average Bonchev–Trinajstić information content (AvgIpc) is 3.47. The zero-order chi connectivity index (χ0) is 19.8. The zero-order valence-electron chi connectivity index (χ0n) is 16.2. The number of esters is 1. The van der Waals surface area contributed by atoms with Gasteiger partial charge in [-0.05, 0) is 35.8 Å². The van der Waals surface area contributed by atoms with Crippen molar-refractivity contribution in [2.75, 3.05) is 6.54 Å². The van der Waals surface area contributed by atoms with E-state index in [9.17, 15) is 9.59 Å². The van der Waals surface area contributed by atoms with E-state index in [0.29, 0.717) is 19.6 Å². The molecule has 3 aliphatic rings. The molecular weight excluding hydrogens is 368 g/mol. The maximum atomic E-state index is 13.0. The number of carbonyl (C=O) groups excluding carboxylic acids is 2. The minimum Gasteiger partial charge on any atom is -0.459 e. The Hall–Kier alpha value is -2.86. The molecule has 1 saturated carbocycles. The monoisotopic (exact) mass is 392 g/mol. The van der Waals surface area contributed by atoms with E-state index >= 15 is 0 Å². The minimum absolute atomic E-state index is 0.0110. The van der Waals surface area contributed by atoms with Gasteiger partial charge in [0, 0.05) is 6.54 Å². The van der Waals surface area contributed by atoms with E-state index in [0.717, 1.165) is 24.0 Å². The van der Waals surface area contributed by atoms with Crippen LogP contribution in [0.3, 0.4) is 0 Å². The van der Waals surface area contributed by atoms with Crippen molar-refractivity contribution in [2.24, 2.45) is 5.41 Å². The third kappa shape index (κ3) is 3.38. The molecule has 2 aromatic rings. The number of benzene rings is 2. The molecule has 150 valence electrons. The van der Waals surface area contributed by atoms with Gasteiger partial charge in [0.25, 0.3) is 0 Å². The summed E-state index contributed by atoms with van der Waals surface area (Å²) in [6, 6.07) is 18.7. The molecule has 1 spiro atoms. The molecule has 29 heavy (non-hydrogen) atoms. The lowest BCUT2D eigenvalue weighted by molar-refractivity contribution is -0.157. The van der Waals surface area contributed by atoms with Gasteiger partial charge < -0.3 is 9.64 Å². The van der Waals surface area contributed by atoms with Crippen LogP contribution in [0.2, 0.25) is 0 Å². The molecule has 2 saturated heterocycles. The molecular formula is C23H24N2O4. The van der Waals surface area contributed by atoms with Crippen molar-refractivity contribution in [3.05, 3.63) is 71.8 Å². The van der Waals surface area contributed by atoms with E-state index in [2.05, 4.69) is 0 Å². The van der Waals surface area contributed by atoms with Crippen molar-refractivity contribution >= 4 is 12.0 Å². The normalized spacial score (nSPS) is 24.1. The highest BCUT2D eigenvalue weighted by Crippen LogP contribution is 2.59. The Morgan fingerprint density at radius 3 is 2.21 bits per heavy atom. The van der Waals surface area contributed by atoms with Crippen molar-refractivity contribution in [3.8, 4) is 0 Å². The van der Waals surface area contributed by atoms with Crippen LogP contribution in [-0.4, -0.2) is 40.6 Å². The number of hydroxylamine groups is 2. The minimum atomic E-state index is -0.532. The van der Waals surface area contributed by atoms with Gasteiger partial charge in [0.1, 0.15) is 19.3 Å². The van der Waals surface area contributed by atoms with E-state index in [1.807, 2.05) is 60.7 Å². The Labute approximate surface area is 170 Å². The second-order valence-corrected chi connectivity index (χ2v) is 8.21. The summed E-state index contributed by atoms with van der Waals surface area (Å²) in [6.45, 7) is 1.09. The number of urea groups is 1. The highest BCUT2D eigenvalue weighted by molar-refractivity contribution is 5.86. The van der Waals surface area contributed by atoms with Crippen molar-refractivity contribution in [1.82, 2.24) is 9.96 Å². The molecule has 0 N–H and O–H groups in total. The third-order valence-corrected chi connectivity index (χ3v) is 6.37. The predicted octanol–water partition coefficient (Wildman–Crippen LogP) is 3.52. The third-order valence-electron chi connectivity index (χ3n) is 6.37. The molecule has 6 heteroatoms. The number of carbonyl (C=O) groups is 2. The number of hydrogen-bond acceptors (Lipinski definition) is 4. The van der Waals surface area contributed by atoms with Crippen LogP contribution in [-0.2, 0) is 27.6 Å². The molecule has 0 unspecified atom stereocenters. The molecule has 5 rings (SSSR count). The number of nitrogens with zero attached hydrogens (tertiary/aromatic N) is 2. The first kappa shape index (κ1) is 18.2. The van der Waals surface area contributed by atoms with Gasteiger partial charge in [-0.15, -0.1) is 0 Å². The van der Waals surface area contributed by atoms with Crippen LogP contribution in [0.5, 0.6) is 0 Å². The van der Waals surface area contributed by atoms with Gasteiger partial charge in [-0.3, -0.25) is 4.84 Å². The first-order valence-corrected chi connectivity index (χ1v) is 10.1. The Balaban J connectivity index is 1.28. The molecule has 3 fully saturated rings. The first-order chi connectivity index (χ1) is 14.2. The Bertz CT molecular complexity index is 898. The molecule has 2 bridgehead atoms. The predicted molar refractivity (Wildman–Crippen MR) is 105 cm³/mol. The van der Waals surface area contributed by atoms with E-state index in [1.54, 1.807) is 4.90 Å². The molecule has 2 atom stereocenters. The summed E-state index contributed by atoms with van der Waals surface area (Å²) in [5, 5.41) is 1.52. The van der Waals surface area contributed by atoms with Crippen LogP contribution in [0.25, 0.3) is 0 Å². The van der Waals surface area contributed by atoms with Gasteiger partial charge in [0.05, 0.1) is 6.04 Å². The summed E-state index contributed by atoms with van der Waals surface area (Å²) in [7, 11) is 0.